The third kappa shape index (κ3) is 6.92. The van der Waals surface area contributed by atoms with Crippen LogP contribution in [0, 0.1) is 17.8 Å². The summed E-state index contributed by atoms with van der Waals surface area (Å²) >= 11 is 0. The lowest BCUT2D eigenvalue weighted by Crippen LogP contribution is -2.39. The van der Waals surface area contributed by atoms with Crippen LogP contribution in [0.4, 0.5) is 0 Å². The first kappa shape index (κ1) is 24.5. The number of epoxide rings is 2. The largest absolute Gasteiger partial charge is 0.466 e. The molecule has 1 saturated carbocycles. The third-order valence-corrected chi connectivity index (χ3v) is 7.15. The number of hydrogen-bond acceptors (Lipinski definition) is 6. The summed E-state index contributed by atoms with van der Waals surface area (Å²) in [4.78, 5) is 24.0. The fourth-order valence-corrected chi connectivity index (χ4v) is 5.45. The van der Waals surface area contributed by atoms with E-state index < -0.39 is 0 Å². The second-order valence-corrected chi connectivity index (χ2v) is 9.38. The fraction of sp³-hybridized carbons (Fsp3) is 0.920. The Bertz CT molecular complexity index is 578. The molecule has 31 heavy (non-hydrogen) atoms. The predicted octanol–water partition coefficient (Wildman–Crippen LogP) is 4.82. The van der Waals surface area contributed by atoms with Gasteiger partial charge >= 0.3 is 11.9 Å². The molecule has 3 rings (SSSR count). The Morgan fingerprint density at radius 1 is 0.806 bits per heavy atom. The second kappa shape index (κ2) is 12.2. The van der Waals surface area contributed by atoms with Crippen LogP contribution in [0.3, 0.4) is 0 Å². The molecule has 2 saturated heterocycles. The number of ether oxygens (including phenoxy) is 4. The molecule has 7 unspecified atom stereocenters. The predicted molar refractivity (Wildman–Crippen MR) is 118 cm³/mol. The van der Waals surface area contributed by atoms with Crippen molar-refractivity contribution < 1.29 is 28.5 Å². The van der Waals surface area contributed by atoms with E-state index in [-0.39, 0.29) is 36.2 Å². The zero-order chi connectivity index (χ0) is 22.2. The molecule has 0 N–H and O–H groups in total. The standard InChI is InChI=1S/C25H42O6/c1-4-7-13-17-18(25(27)29-6-3)16-19(24-23(17)31-24)22-20(30-22)14-11-9-8-10-12-15-21(26)28-5-2/h17-20,22-24H,4-16H2,1-3H3. The van der Waals surface area contributed by atoms with E-state index in [0.717, 1.165) is 57.8 Å². The van der Waals surface area contributed by atoms with Gasteiger partial charge in [0.1, 0.15) is 0 Å². The van der Waals surface area contributed by atoms with Crippen LogP contribution in [0.25, 0.3) is 0 Å². The lowest BCUT2D eigenvalue weighted by atomic mass is 9.70. The van der Waals surface area contributed by atoms with Crippen molar-refractivity contribution in [2.24, 2.45) is 17.8 Å². The Morgan fingerprint density at radius 2 is 1.55 bits per heavy atom. The van der Waals surface area contributed by atoms with Crippen molar-refractivity contribution in [2.75, 3.05) is 13.2 Å². The number of unbranched alkanes of at least 4 members (excludes halogenated alkanes) is 5. The van der Waals surface area contributed by atoms with Crippen LogP contribution in [-0.4, -0.2) is 49.6 Å². The molecule has 0 amide bonds. The molecule has 0 radical (unpaired) electrons. The van der Waals surface area contributed by atoms with Crippen molar-refractivity contribution >= 4 is 11.9 Å². The van der Waals surface area contributed by atoms with E-state index >= 15 is 0 Å². The quantitative estimate of drug-likeness (QED) is 0.207. The van der Waals surface area contributed by atoms with Crippen molar-refractivity contribution in [3.8, 4) is 0 Å². The Kier molecular flexibility index (Phi) is 9.64. The lowest BCUT2D eigenvalue weighted by Gasteiger charge is -2.31. The van der Waals surface area contributed by atoms with Crippen molar-refractivity contribution in [1.82, 2.24) is 0 Å². The number of fused-ring (bicyclic) bond motifs is 1. The topological polar surface area (TPSA) is 77.7 Å². The van der Waals surface area contributed by atoms with Gasteiger partial charge in [0, 0.05) is 18.3 Å². The highest BCUT2D eigenvalue weighted by atomic mass is 16.6. The van der Waals surface area contributed by atoms with Crippen LogP contribution in [0.5, 0.6) is 0 Å². The average Bonchev–Trinajstić information content (AvgIpc) is 3.66. The van der Waals surface area contributed by atoms with E-state index in [9.17, 15) is 9.59 Å². The van der Waals surface area contributed by atoms with E-state index in [1.165, 1.54) is 6.42 Å². The first-order chi connectivity index (χ1) is 15.1. The Morgan fingerprint density at radius 3 is 2.29 bits per heavy atom. The van der Waals surface area contributed by atoms with Crippen LogP contribution in [0.2, 0.25) is 0 Å². The minimum Gasteiger partial charge on any atom is -0.466 e. The second-order valence-electron chi connectivity index (χ2n) is 9.38. The van der Waals surface area contributed by atoms with Gasteiger partial charge in [-0.3, -0.25) is 9.59 Å². The number of carbonyl (C=O) groups excluding carboxylic acids is 2. The highest BCUT2D eigenvalue weighted by Crippen LogP contribution is 2.54. The maximum Gasteiger partial charge on any atom is 0.309 e. The van der Waals surface area contributed by atoms with Gasteiger partial charge in [-0.1, -0.05) is 45.4 Å². The van der Waals surface area contributed by atoms with Gasteiger partial charge in [-0.2, -0.15) is 0 Å². The molecule has 6 heteroatoms. The summed E-state index contributed by atoms with van der Waals surface area (Å²) in [7, 11) is 0. The fourth-order valence-electron chi connectivity index (χ4n) is 5.45. The Labute approximate surface area is 187 Å². The summed E-state index contributed by atoms with van der Waals surface area (Å²) in [5, 5.41) is 0. The normalized spacial score (nSPS) is 33.5. The van der Waals surface area contributed by atoms with E-state index in [1.54, 1.807) is 0 Å². The molecule has 0 bridgehead atoms. The number of hydrogen-bond donors (Lipinski definition) is 0. The zero-order valence-electron chi connectivity index (χ0n) is 19.7. The molecule has 0 aromatic carbocycles. The van der Waals surface area contributed by atoms with E-state index in [4.69, 9.17) is 18.9 Å². The molecule has 3 aliphatic rings. The van der Waals surface area contributed by atoms with Crippen LogP contribution < -0.4 is 0 Å². The van der Waals surface area contributed by atoms with Gasteiger partial charge in [-0.15, -0.1) is 0 Å². The van der Waals surface area contributed by atoms with Gasteiger partial charge in [-0.05, 0) is 39.5 Å². The molecule has 0 aromatic heterocycles. The highest BCUT2D eigenvalue weighted by molar-refractivity contribution is 5.73. The number of esters is 2. The van der Waals surface area contributed by atoms with Crippen LogP contribution in [0.15, 0.2) is 0 Å². The molecular weight excluding hydrogens is 396 g/mol. The van der Waals surface area contributed by atoms with Crippen LogP contribution in [0.1, 0.15) is 91.4 Å². The number of carbonyl (C=O) groups is 2. The zero-order valence-corrected chi connectivity index (χ0v) is 19.7. The summed E-state index contributed by atoms with van der Waals surface area (Å²) in [6, 6.07) is 0. The van der Waals surface area contributed by atoms with Crippen molar-refractivity contribution in [1.29, 1.82) is 0 Å². The molecule has 2 heterocycles. The third-order valence-electron chi connectivity index (χ3n) is 7.15. The summed E-state index contributed by atoms with van der Waals surface area (Å²) < 4.78 is 22.5. The molecule has 1 aliphatic carbocycles. The van der Waals surface area contributed by atoms with Crippen LogP contribution in [-0.2, 0) is 28.5 Å². The molecule has 7 atom stereocenters. The average molecular weight is 439 g/mol. The lowest BCUT2D eigenvalue weighted by molar-refractivity contribution is -0.152. The van der Waals surface area contributed by atoms with Crippen molar-refractivity contribution in [2.45, 2.75) is 116 Å². The van der Waals surface area contributed by atoms with E-state index in [1.807, 2.05) is 13.8 Å². The Balaban J connectivity index is 1.35. The molecule has 6 nitrogen and oxygen atoms in total. The maximum atomic E-state index is 12.6. The molecule has 178 valence electrons. The summed E-state index contributed by atoms with van der Waals surface area (Å²) in [5.74, 6) is 0.494. The van der Waals surface area contributed by atoms with E-state index in [2.05, 4.69) is 6.92 Å². The highest BCUT2D eigenvalue weighted by Gasteiger charge is 2.63. The molecular formula is C25H42O6. The number of rotatable bonds is 15. The minimum absolute atomic E-state index is 0.0375. The van der Waals surface area contributed by atoms with Gasteiger partial charge in [0.05, 0.1) is 43.5 Å². The summed E-state index contributed by atoms with van der Waals surface area (Å²) in [6.45, 7) is 6.83. The first-order valence-corrected chi connectivity index (χ1v) is 12.7. The maximum absolute atomic E-state index is 12.6. The summed E-state index contributed by atoms with van der Waals surface area (Å²) in [6.07, 6.45) is 12.4. The SMILES string of the molecule is CCCCC1C(C(=O)OCC)CC(C2OC2CCCCCCCC(=O)OCC)C2OC12. The van der Waals surface area contributed by atoms with Gasteiger partial charge in [0.2, 0.25) is 0 Å². The smallest absolute Gasteiger partial charge is 0.309 e. The van der Waals surface area contributed by atoms with Gasteiger partial charge in [0.15, 0.2) is 0 Å². The van der Waals surface area contributed by atoms with E-state index in [0.29, 0.717) is 37.6 Å². The first-order valence-electron chi connectivity index (χ1n) is 12.7. The molecule has 3 fully saturated rings. The Hall–Kier alpha value is -1.14. The minimum atomic E-state index is -0.0807. The van der Waals surface area contributed by atoms with Crippen LogP contribution >= 0.6 is 0 Å². The molecule has 0 aromatic rings. The summed E-state index contributed by atoms with van der Waals surface area (Å²) in [5.41, 5.74) is 0. The van der Waals surface area contributed by atoms with Gasteiger partial charge < -0.3 is 18.9 Å². The monoisotopic (exact) mass is 438 g/mol. The van der Waals surface area contributed by atoms with Gasteiger partial charge in [-0.25, -0.2) is 0 Å². The van der Waals surface area contributed by atoms with Crippen molar-refractivity contribution in [3.05, 3.63) is 0 Å². The molecule has 0 spiro atoms. The van der Waals surface area contributed by atoms with Crippen molar-refractivity contribution in [3.63, 3.8) is 0 Å². The molecule has 2 aliphatic heterocycles. The van der Waals surface area contributed by atoms with Gasteiger partial charge in [0.25, 0.3) is 0 Å².